The molecular weight excluding hydrogens is 186 g/mol. The van der Waals surface area contributed by atoms with Gasteiger partial charge in [0.2, 0.25) is 0 Å². The molecule has 2 heterocycles. The molecule has 1 aliphatic heterocycles. The molecule has 1 aromatic rings. The predicted molar refractivity (Wildman–Crippen MR) is 47.2 cm³/mol. The Hall–Kier alpha value is -0.870. The van der Waals surface area contributed by atoms with E-state index in [4.69, 9.17) is 0 Å². The van der Waals surface area contributed by atoms with E-state index in [2.05, 4.69) is 0 Å². The maximum atomic E-state index is 10.8. The van der Waals surface area contributed by atoms with Gasteiger partial charge in [-0.3, -0.25) is 0 Å². The molecule has 0 amide bonds. The van der Waals surface area contributed by atoms with Gasteiger partial charge in [0.1, 0.15) is 0 Å². The first-order chi connectivity index (χ1) is 6.29. The van der Waals surface area contributed by atoms with Gasteiger partial charge in [-0.25, -0.2) is 0 Å². The van der Waals surface area contributed by atoms with Gasteiger partial charge in [-0.2, -0.15) is 0 Å². The zero-order chi connectivity index (χ0) is 9.26. The summed E-state index contributed by atoms with van der Waals surface area (Å²) in [4.78, 5) is 12.0. The molecule has 1 aliphatic rings. The molecular formula is C9H11NO2S. The van der Waals surface area contributed by atoms with E-state index in [-0.39, 0.29) is 11.8 Å². The van der Waals surface area contributed by atoms with Crippen LogP contribution in [0.3, 0.4) is 0 Å². The van der Waals surface area contributed by atoms with Crippen LogP contribution in [0.1, 0.15) is 10.8 Å². The van der Waals surface area contributed by atoms with Crippen molar-refractivity contribution in [2.24, 2.45) is 5.92 Å². The summed E-state index contributed by atoms with van der Waals surface area (Å²) in [7, 11) is 0. The van der Waals surface area contributed by atoms with Crippen molar-refractivity contribution in [1.29, 1.82) is 0 Å². The smallest absolute Gasteiger partial charge is 0.0845 e. The summed E-state index contributed by atoms with van der Waals surface area (Å²) in [6.07, 6.45) is 0. The molecule has 0 aliphatic carbocycles. The quantitative estimate of drug-likeness (QED) is 0.646. The number of thiophene rings is 1. The van der Waals surface area contributed by atoms with Crippen molar-refractivity contribution in [3.05, 3.63) is 22.4 Å². The highest BCUT2D eigenvalue weighted by molar-refractivity contribution is 7.10. The number of hydrogen-bond acceptors (Lipinski definition) is 3. The van der Waals surface area contributed by atoms with E-state index in [0.29, 0.717) is 6.54 Å². The third kappa shape index (κ3) is 1.59. The van der Waals surface area contributed by atoms with E-state index in [0.717, 1.165) is 6.54 Å². The average molecular weight is 197 g/mol. The minimum Gasteiger partial charge on any atom is -0.550 e. The van der Waals surface area contributed by atoms with Crippen LogP contribution in [-0.2, 0) is 4.79 Å². The van der Waals surface area contributed by atoms with Gasteiger partial charge >= 0.3 is 0 Å². The summed E-state index contributed by atoms with van der Waals surface area (Å²) >= 11 is 1.63. The van der Waals surface area contributed by atoms with E-state index in [1.807, 2.05) is 22.8 Å². The lowest BCUT2D eigenvalue weighted by Crippen LogP contribution is -2.81. The second-order valence-corrected chi connectivity index (χ2v) is 4.29. The molecule has 3 nitrogen and oxygen atoms in total. The summed E-state index contributed by atoms with van der Waals surface area (Å²) in [5, 5.41) is 14.8. The Balaban J connectivity index is 2.19. The third-order valence-corrected chi connectivity index (χ3v) is 3.54. The summed E-state index contributed by atoms with van der Waals surface area (Å²) in [5.41, 5.74) is 0. The molecule has 2 rings (SSSR count). The van der Waals surface area contributed by atoms with Crippen LogP contribution in [-0.4, -0.2) is 19.1 Å². The summed E-state index contributed by atoms with van der Waals surface area (Å²) in [6, 6.07) is 3.97. The maximum absolute atomic E-state index is 10.8. The average Bonchev–Trinajstić information content (AvgIpc) is 2.74. The van der Waals surface area contributed by atoms with Gasteiger partial charge in [-0.05, 0) is 11.4 Å². The lowest BCUT2D eigenvalue weighted by Gasteiger charge is -2.14. The monoisotopic (exact) mass is 197 g/mol. The zero-order valence-corrected chi connectivity index (χ0v) is 7.92. The molecule has 2 atom stereocenters. The van der Waals surface area contributed by atoms with Crippen LogP contribution in [0, 0.1) is 5.92 Å². The highest BCUT2D eigenvalue weighted by Gasteiger charge is 2.33. The Labute approximate surface area is 80.4 Å². The molecule has 0 radical (unpaired) electrons. The lowest BCUT2D eigenvalue weighted by molar-refractivity contribution is -0.638. The predicted octanol–water partition coefficient (Wildman–Crippen LogP) is -1.23. The molecule has 1 aromatic heterocycles. The van der Waals surface area contributed by atoms with Crippen molar-refractivity contribution < 1.29 is 15.2 Å². The van der Waals surface area contributed by atoms with E-state index in [1.54, 1.807) is 11.3 Å². The molecule has 2 N–H and O–H groups in total. The molecule has 70 valence electrons. The topological polar surface area (TPSA) is 56.7 Å². The third-order valence-electron chi connectivity index (χ3n) is 2.54. The maximum Gasteiger partial charge on any atom is 0.0845 e. The minimum atomic E-state index is -0.910. The summed E-state index contributed by atoms with van der Waals surface area (Å²) in [5.74, 6) is -1.06. The van der Waals surface area contributed by atoms with Gasteiger partial charge in [-0.15, -0.1) is 11.3 Å². The number of nitrogens with two attached hydrogens (primary N) is 1. The van der Waals surface area contributed by atoms with Crippen molar-refractivity contribution in [3.63, 3.8) is 0 Å². The fourth-order valence-corrected chi connectivity index (χ4v) is 2.77. The number of quaternary nitrogens is 1. The Morgan fingerprint density at radius 1 is 1.62 bits per heavy atom. The van der Waals surface area contributed by atoms with Gasteiger partial charge < -0.3 is 15.2 Å². The zero-order valence-electron chi connectivity index (χ0n) is 7.10. The number of rotatable bonds is 2. The Morgan fingerprint density at radius 3 is 3.08 bits per heavy atom. The van der Waals surface area contributed by atoms with Crippen molar-refractivity contribution in [1.82, 2.24) is 0 Å². The molecule has 1 fully saturated rings. The first-order valence-corrected chi connectivity index (χ1v) is 5.23. The number of carbonyl (C=O) groups is 1. The van der Waals surface area contributed by atoms with Crippen LogP contribution in [0.2, 0.25) is 0 Å². The van der Waals surface area contributed by atoms with E-state index >= 15 is 0 Å². The standard InChI is InChI=1S/C9H11NO2S/c11-9(12)7-5-10-4-6(7)8-2-1-3-13-8/h1-3,6-7,10H,4-5H2,(H,11,12)/t6-,7-/m1/s1. The fraction of sp³-hybridized carbons (Fsp3) is 0.444. The number of aliphatic carboxylic acids is 1. The number of carboxylic acids is 1. The van der Waals surface area contributed by atoms with Crippen molar-refractivity contribution in [2.45, 2.75) is 5.92 Å². The Kier molecular flexibility index (Phi) is 2.33. The molecule has 1 saturated heterocycles. The Bertz CT molecular complexity index is 297. The highest BCUT2D eigenvalue weighted by Crippen LogP contribution is 2.28. The first-order valence-electron chi connectivity index (χ1n) is 4.35. The fourth-order valence-electron chi connectivity index (χ4n) is 1.86. The molecule has 4 heteroatoms. The number of carboxylic acid groups (broad SMARTS) is 1. The SMILES string of the molecule is O=C([O-])[C@@H]1C[NH2+]C[C@H]1c1cccs1. The van der Waals surface area contributed by atoms with Crippen molar-refractivity contribution >= 4 is 17.3 Å². The van der Waals surface area contributed by atoms with E-state index in [1.165, 1.54) is 4.88 Å². The second-order valence-electron chi connectivity index (χ2n) is 3.31. The van der Waals surface area contributed by atoms with Gasteiger partial charge in [0, 0.05) is 4.88 Å². The van der Waals surface area contributed by atoms with Crippen LogP contribution >= 0.6 is 11.3 Å². The van der Waals surface area contributed by atoms with Crippen LogP contribution in [0.15, 0.2) is 17.5 Å². The van der Waals surface area contributed by atoms with Gasteiger partial charge in [0.15, 0.2) is 0 Å². The number of hydrogen-bond donors (Lipinski definition) is 1. The molecule has 13 heavy (non-hydrogen) atoms. The van der Waals surface area contributed by atoms with Crippen molar-refractivity contribution in [3.8, 4) is 0 Å². The highest BCUT2D eigenvalue weighted by atomic mass is 32.1. The number of carbonyl (C=O) groups excluding carboxylic acids is 1. The van der Waals surface area contributed by atoms with Gasteiger partial charge in [-0.1, -0.05) is 6.07 Å². The largest absolute Gasteiger partial charge is 0.550 e. The van der Waals surface area contributed by atoms with Gasteiger partial charge in [0.25, 0.3) is 0 Å². The molecule has 0 bridgehead atoms. The second kappa shape index (κ2) is 3.47. The molecule has 0 spiro atoms. The van der Waals surface area contributed by atoms with Crippen LogP contribution in [0.25, 0.3) is 0 Å². The van der Waals surface area contributed by atoms with Crippen LogP contribution in [0.5, 0.6) is 0 Å². The van der Waals surface area contributed by atoms with E-state index < -0.39 is 5.97 Å². The molecule has 0 saturated carbocycles. The summed E-state index contributed by atoms with van der Waals surface area (Å²) in [6.45, 7) is 1.53. The van der Waals surface area contributed by atoms with E-state index in [9.17, 15) is 9.90 Å². The molecule has 0 aromatic carbocycles. The lowest BCUT2D eigenvalue weighted by atomic mass is 9.95. The van der Waals surface area contributed by atoms with Crippen LogP contribution < -0.4 is 10.4 Å². The minimum absolute atomic E-state index is 0.157. The Morgan fingerprint density at radius 2 is 2.46 bits per heavy atom. The van der Waals surface area contributed by atoms with Crippen LogP contribution in [0.4, 0.5) is 0 Å². The van der Waals surface area contributed by atoms with Crippen molar-refractivity contribution in [2.75, 3.05) is 13.1 Å². The van der Waals surface area contributed by atoms with Gasteiger partial charge in [0.05, 0.1) is 30.9 Å². The molecule has 0 unspecified atom stereocenters. The normalized spacial score (nSPS) is 27.7. The summed E-state index contributed by atoms with van der Waals surface area (Å²) < 4.78 is 0. The first kappa shape index (κ1) is 8.72.